The van der Waals surface area contributed by atoms with E-state index in [1.54, 1.807) is 0 Å². The number of hydrogen-bond donors (Lipinski definition) is 1. The monoisotopic (exact) mass is 262 g/mol. The van der Waals surface area contributed by atoms with Crippen molar-refractivity contribution in [1.82, 2.24) is 0 Å². The summed E-state index contributed by atoms with van der Waals surface area (Å²) < 4.78 is 0. The molecule has 0 aliphatic carbocycles. The third-order valence-electron chi connectivity index (χ3n) is 3.03. The highest BCUT2D eigenvalue weighted by Crippen LogP contribution is 2.29. The van der Waals surface area contributed by atoms with Gasteiger partial charge >= 0.3 is 0 Å². The van der Waals surface area contributed by atoms with Crippen molar-refractivity contribution in [3.8, 4) is 0 Å². The number of para-hydroxylation sites is 1. The molecule has 0 bridgehead atoms. The topological polar surface area (TPSA) is 29.3 Å². The van der Waals surface area contributed by atoms with E-state index >= 15 is 0 Å². The Kier molecular flexibility index (Phi) is 4.06. The Bertz CT molecular complexity index is 627. The molecule has 2 heteroatoms. The van der Waals surface area contributed by atoms with E-state index in [1.165, 1.54) is 0 Å². The standard InChI is InChI=1S/C18H18N2/c1-14(19)15(2)20(18-12-8-5-9-13-18)16(3)17-10-6-4-7-11-17/h4-13H,1-3,19H2. The molecule has 2 N–H and O–H groups in total. The maximum Gasteiger partial charge on any atom is 0.0613 e. The highest BCUT2D eigenvalue weighted by molar-refractivity contribution is 5.82. The highest BCUT2D eigenvalue weighted by Gasteiger charge is 2.15. The van der Waals surface area contributed by atoms with Crippen molar-refractivity contribution in [2.45, 2.75) is 0 Å². The predicted molar refractivity (Wildman–Crippen MR) is 86.9 cm³/mol. The Hall–Kier alpha value is -2.74. The molecule has 100 valence electrons. The van der Waals surface area contributed by atoms with Crippen LogP contribution in [0, 0.1) is 0 Å². The summed E-state index contributed by atoms with van der Waals surface area (Å²) in [5.74, 6) is 0. The number of nitrogens with zero attached hydrogens (tertiary/aromatic N) is 1. The molecule has 0 amide bonds. The molecule has 0 aliphatic rings. The lowest BCUT2D eigenvalue weighted by atomic mass is 10.1. The lowest BCUT2D eigenvalue weighted by Gasteiger charge is -2.29. The Balaban J connectivity index is 2.45. The molecule has 0 atom stereocenters. The third kappa shape index (κ3) is 2.81. The van der Waals surface area contributed by atoms with Gasteiger partial charge in [-0.25, -0.2) is 0 Å². The van der Waals surface area contributed by atoms with Gasteiger partial charge in [-0.3, -0.25) is 0 Å². The molecule has 2 aromatic carbocycles. The molecule has 0 spiro atoms. The minimum Gasteiger partial charge on any atom is -0.398 e. The van der Waals surface area contributed by atoms with Crippen LogP contribution in [0.3, 0.4) is 0 Å². The van der Waals surface area contributed by atoms with Crippen LogP contribution in [0.4, 0.5) is 5.69 Å². The van der Waals surface area contributed by atoms with Crippen LogP contribution in [-0.4, -0.2) is 0 Å². The van der Waals surface area contributed by atoms with E-state index in [2.05, 4.69) is 19.7 Å². The number of hydrogen-bond acceptors (Lipinski definition) is 2. The van der Waals surface area contributed by atoms with Crippen LogP contribution in [0.5, 0.6) is 0 Å². The normalized spacial score (nSPS) is 9.80. The van der Waals surface area contributed by atoms with Crippen molar-refractivity contribution in [2.75, 3.05) is 4.90 Å². The molecule has 0 heterocycles. The van der Waals surface area contributed by atoms with E-state index in [0.717, 1.165) is 16.9 Å². The van der Waals surface area contributed by atoms with Crippen LogP contribution in [0.1, 0.15) is 5.56 Å². The first kappa shape index (κ1) is 13.7. The minimum atomic E-state index is 0.422. The summed E-state index contributed by atoms with van der Waals surface area (Å²) in [6, 6.07) is 19.8. The summed E-state index contributed by atoms with van der Waals surface area (Å²) in [7, 11) is 0. The molecule has 0 saturated heterocycles. The summed E-state index contributed by atoms with van der Waals surface area (Å²) in [6.45, 7) is 12.0. The fourth-order valence-corrected chi connectivity index (χ4v) is 1.95. The summed E-state index contributed by atoms with van der Waals surface area (Å²) in [4.78, 5) is 1.91. The number of anilines is 1. The first-order chi connectivity index (χ1) is 9.61. The SMILES string of the molecule is C=C(N)C(=C)N(C(=C)c1ccccc1)c1ccccc1. The quantitative estimate of drug-likeness (QED) is 0.820. The summed E-state index contributed by atoms with van der Waals surface area (Å²) in [5, 5.41) is 0. The van der Waals surface area contributed by atoms with Gasteiger partial charge < -0.3 is 10.6 Å². The van der Waals surface area contributed by atoms with E-state index in [9.17, 15) is 0 Å². The first-order valence-electron chi connectivity index (χ1n) is 6.34. The van der Waals surface area contributed by atoms with E-state index in [-0.39, 0.29) is 0 Å². The van der Waals surface area contributed by atoms with Crippen LogP contribution >= 0.6 is 0 Å². The van der Waals surface area contributed by atoms with Crippen molar-refractivity contribution in [3.63, 3.8) is 0 Å². The van der Waals surface area contributed by atoms with Crippen LogP contribution in [0.15, 0.2) is 91.8 Å². The second-order valence-corrected chi connectivity index (χ2v) is 4.46. The molecular formula is C18H18N2. The highest BCUT2D eigenvalue weighted by atomic mass is 15.2. The molecule has 0 saturated carbocycles. The predicted octanol–water partition coefficient (Wildman–Crippen LogP) is 4.15. The fraction of sp³-hybridized carbons (Fsp3) is 0. The van der Waals surface area contributed by atoms with Gasteiger partial charge in [0.15, 0.2) is 0 Å². The largest absolute Gasteiger partial charge is 0.398 e. The zero-order chi connectivity index (χ0) is 14.5. The maximum absolute atomic E-state index is 5.81. The number of benzene rings is 2. The average Bonchev–Trinajstić information content (AvgIpc) is 2.49. The lowest BCUT2D eigenvalue weighted by Crippen LogP contribution is -2.23. The van der Waals surface area contributed by atoms with Gasteiger partial charge in [-0.15, -0.1) is 0 Å². The first-order valence-corrected chi connectivity index (χ1v) is 6.34. The van der Waals surface area contributed by atoms with Gasteiger partial charge in [0.25, 0.3) is 0 Å². The van der Waals surface area contributed by atoms with Crippen LogP contribution < -0.4 is 10.6 Å². The lowest BCUT2D eigenvalue weighted by molar-refractivity contribution is 1.16. The molecule has 2 rings (SSSR count). The molecule has 2 nitrogen and oxygen atoms in total. The van der Waals surface area contributed by atoms with Crippen molar-refractivity contribution >= 4 is 11.4 Å². The Morgan fingerprint density at radius 1 is 0.800 bits per heavy atom. The van der Waals surface area contributed by atoms with Gasteiger partial charge in [0.2, 0.25) is 0 Å². The summed E-state index contributed by atoms with van der Waals surface area (Å²) >= 11 is 0. The molecule has 0 radical (unpaired) electrons. The van der Waals surface area contributed by atoms with Crippen LogP contribution in [0.2, 0.25) is 0 Å². The molecular weight excluding hydrogens is 244 g/mol. The molecule has 2 aromatic rings. The van der Waals surface area contributed by atoms with E-state index in [4.69, 9.17) is 5.73 Å². The van der Waals surface area contributed by atoms with Crippen molar-refractivity contribution in [1.29, 1.82) is 0 Å². The molecule has 0 aliphatic heterocycles. The van der Waals surface area contributed by atoms with Gasteiger partial charge in [-0.05, 0) is 17.7 Å². The van der Waals surface area contributed by atoms with E-state index in [0.29, 0.717) is 11.4 Å². The number of rotatable bonds is 5. The second-order valence-electron chi connectivity index (χ2n) is 4.46. The Morgan fingerprint density at radius 2 is 1.30 bits per heavy atom. The molecule has 0 aromatic heterocycles. The van der Waals surface area contributed by atoms with Crippen LogP contribution in [0.25, 0.3) is 5.70 Å². The van der Waals surface area contributed by atoms with E-state index in [1.807, 2.05) is 65.6 Å². The summed E-state index contributed by atoms with van der Waals surface area (Å²) in [6.07, 6.45) is 0. The van der Waals surface area contributed by atoms with Gasteiger partial charge in [-0.1, -0.05) is 68.3 Å². The molecule has 20 heavy (non-hydrogen) atoms. The van der Waals surface area contributed by atoms with Crippen molar-refractivity contribution in [3.05, 3.63) is 97.4 Å². The fourth-order valence-electron chi connectivity index (χ4n) is 1.95. The summed E-state index contributed by atoms with van der Waals surface area (Å²) in [5.41, 5.74) is 9.65. The Labute approximate surface area is 120 Å². The van der Waals surface area contributed by atoms with Gasteiger partial charge in [-0.2, -0.15) is 0 Å². The Morgan fingerprint density at radius 3 is 1.80 bits per heavy atom. The third-order valence-corrected chi connectivity index (χ3v) is 3.03. The molecule has 0 unspecified atom stereocenters. The number of nitrogens with two attached hydrogens (primary N) is 1. The molecule has 0 fully saturated rings. The van der Waals surface area contributed by atoms with Gasteiger partial charge in [0, 0.05) is 17.1 Å². The van der Waals surface area contributed by atoms with Crippen molar-refractivity contribution in [2.24, 2.45) is 5.73 Å². The second kappa shape index (κ2) is 5.93. The van der Waals surface area contributed by atoms with Gasteiger partial charge in [0.1, 0.15) is 0 Å². The zero-order valence-electron chi connectivity index (χ0n) is 11.4. The van der Waals surface area contributed by atoms with Gasteiger partial charge in [0.05, 0.1) is 5.70 Å². The average molecular weight is 262 g/mol. The van der Waals surface area contributed by atoms with Crippen molar-refractivity contribution < 1.29 is 0 Å². The van der Waals surface area contributed by atoms with Crippen LogP contribution in [-0.2, 0) is 0 Å². The minimum absolute atomic E-state index is 0.422. The zero-order valence-corrected chi connectivity index (χ0v) is 11.4. The van der Waals surface area contributed by atoms with E-state index < -0.39 is 0 Å². The maximum atomic E-state index is 5.81. The smallest absolute Gasteiger partial charge is 0.0613 e.